The molecule has 8 nitrogen and oxygen atoms in total. The average Bonchev–Trinajstić information content (AvgIpc) is 3.31. The van der Waals surface area contributed by atoms with E-state index in [2.05, 4.69) is 20.4 Å². The molecule has 11 heteroatoms. The number of nitrogens with one attached hydrogen (secondary N) is 1. The lowest BCUT2D eigenvalue weighted by molar-refractivity contribution is -0.380. The zero-order valence-corrected chi connectivity index (χ0v) is 15.7. The molecule has 0 spiro atoms. The third-order valence-corrected chi connectivity index (χ3v) is 5.38. The van der Waals surface area contributed by atoms with Gasteiger partial charge in [0.1, 0.15) is 10.6 Å². The number of nitro groups is 1. The van der Waals surface area contributed by atoms with E-state index in [9.17, 15) is 10.1 Å². The molecule has 4 aromatic rings. The van der Waals surface area contributed by atoms with Crippen molar-refractivity contribution in [1.82, 2.24) is 15.1 Å². The van der Waals surface area contributed by atoms with Crippen molar-refractivity contribution >= 4 is 55.6 Å². The van der Waals surface area contributed by atoms with Gasteiger partial charge < -0.3 is 9.84 Å². The van der Waals surface area contributed by atoms with Gasteiger partial charge in [0.15, 0.2) is 0 Å². The van der Waals surface area contributed by atoms with Crippen LogP contribution in [0.1, 0.15) is 5.56 Å². The van der Waals surface area contributed by atoms with Crippen LogP contribution >= 0.6 is 34.5 Å². The molecule has 0 aliphatic rings. The van der Waals surface area contributed by atoms with Gasteiger partial charge in [-0.2, -0.15) is 0 Å². The van der Waals surface area contributed by atoms with Gasteiger partial charge in [0, 0.05) is 18.7 Å². The average molecular weight is 422 g/mol. The lowest BCUT2D eigenvalue weighted by Gasteiger charge is -2.08. The minimum atomic E-state index is -0.455. The summed E-state index contributed by atoms with van der Waals surface area (Å²) in [5.41, 5.74) is 0.877. The molecule has 0 atom stereocenters. The first-order valence-electron chi connectivity index (χ1n) is 7.56. The van der Waals surface area contributed by atoms with Gasteiger partial charge in [0.2, 0.25) is 11.6 Å². The van der Waals surface area contributed by atoms with Crippen LogP contribution in [0.3, 0.4) is 0 Å². The van der Waals surface area contributed by atoms with Gasteiger partial charge in [-0.15, -0.1) is 0 Å². The van der Waals surface area contributed by atoms with Gasteiger partial charge in [-0.25, -0.2) is 9.97 Å². The maximum atomic E-state index is 11.1. The molecule has 3 aromatic heterocycles. The Morgan fingerprint density at radius 2 is 2.04 bits per heavy atom. The fourth-order valence-corrected chi connectivity index (χ4v) is 3.58. The molecule has 0 saturated carbocycles. The van der Waals surface area contributed by atoms with Crippen LogP contribution in [0.2, 0.25) is 10.0 Å². The monoisotopic (exact) mass is 421 g/mol. The predicted octanol–water partition coefficient (Wildman–Crippen LogP) is 5.17. The van der Waals surface area contributed by atoms with Gasteiger partial charge in [-0.3, -0.25) is 10.1 Å². The topological polar surface area (TPSA) is 107 Å². The molecule has 0 radical (unpaired) electrons. The highest BCUT2D eigenvalue weighted by Crippen LogP contribution is 2.35. The smallest absolute Gasteiger partial charge is 0.326 e. The van der Waals surface area contributed by atoms with Crippen LogP contribution in [0.25, 0.3) is 21.8 Å². The first-order valence-corrected chi connectivity index (χ1v) is 9.13. The minimum Gasteiger partial charge on any atom is -0.365 e. The SMILES string of the molecule is O=[N+]([O-])c1cc2c(NCc3ccc(Cl)c(Cl)c3)nc(-c3ccno3)nc2s1. The van der Waals surface area contributed by atoms with Gasteiger partial charge >= 0.3 is 5.00 Å². The van der Waals surface area contributed by atoms with Crippen LogP contribution in [0.15, 0.2) is 41.1 Å². The number of halogens is 2. The maximum Gasteiger partial charge on any atom is 0.326 e. The van der Waals surface area contributed by atoms with E-state index in [-0.39, 0.29) is 10.8 Å². The van der Waals surface area contributed by atoms with Crippen molar-refractivity contribution < 1.29 is 9.45 Å². The van der Waals surface area contributed by atoms with Gasteiger partial charge in [0.25, 0.3) is 0 Å². The first kappa shape index (κ1) is 17.7. The summed E-state index contributed by atoms with van der Waals surface area (Å²) in [4.78, 5) is 19.9. The standard InChI is InChI=1S/C16H9Cl2N5O3S/c17-10-2-1-8(5-11(10)18)7-19-14-9-6-13(23(24)25)27-16(9)22-15(21-14)12-3-4-20-26-12/h1-6H,7H2,(H,19,21,22). The summed E-state index contributed by atoms with van der Waals surface area (Å²) in [6.45, 7) is 0.391. The van der Waals surface area contributed by atoms with Crippen LogP contribution in [-0.2, 0) is 6.54 Å². The Kier molecular flexibility index (Phi) is 4.65. The molecule has 4 rings (SSSR count). The van der Waals surface area contributed by atoms with E-state index in [0.717, 1.165) is 16.9 Å². The number of aromatic nitrogens is 3. The highest BCUT2D eigenvalue weighted by molar-refractivity contribution is 7.21. The Bertz CT molecular complexity index is 1150. The van der Waals surface area contributed by atoms with Crippen molar-refractivity contribution in [2.75, 3.05) is 5.32 Å². The summed E-state index contributed by atoms with van der Waals surface area (Å²) >= 11 is 12.9. The molecule has 0 aliphatic heterocycles. The van der Waals surface area contributed by atoms with Gasteiger partial charge in [-0.1, -0.05) is 34.4 Å². The Balaban J connectivity index is 1.74. The lowest BCUT2D eigenvalue weighted by Crippen LogP contribution is -2.03. The molecule has 3 heterocycles. The van der Waals surface area contributed by atoms with Crippen LogP contribution in [0.4, 0.5) is 10.8 Å². The van der Waals surface area contributed by atoms with Crippen LogP contribution in [-0.4, -0.2) is 20.0 Å². The molecule has 27 heavy (non-hydrogen) atoms. The summed E-state index contributed by atoms with van der Waals surface area (Å²) in [5.74, 6) is 1.10. The molecular formula is C16H9Cl2N5O3S. The molecule has 0 amide bonds. The number of fused-ring (bicyclic) bond motifs is 1. The van der Waals surface area contributed by atoms with E-state index in [1.165, 1.54) is 12.3 Å². The van der Waals surface area contributed by atoms with Crippen molar-refractivity contribution in [3.8, 4) is 11.6 Å². The van der Waals surface area contributed by atoms with E-state index in [4.69, 9.17) is 27.7 Å². The molecule has 0 aliphatic carbocycles. The van der Waals surface area contributed by atoms with Crippen LogP contribution in [0.5, 0.6) is 0 Å². The minimum absolute atomic E-state index is 0.0217. The number of benzene rings is 1. The first-order chi connectivity index (χ1) is 13.0. The third kappa shape index (κ3) is 3.57. The van der Waals surface area contributed by atoms with Crippen molar-refractivity contribution in [3.05, 3.63) is 62.3 Å². The highest BCUT2D eigenvalue weighted by atomic mass is 35.5. The van der Waals surface area contributed by atoms with Gasteiger partial charge in [-0.05, 0) is 29.0 Å². The number of hydrogen-bond donors (Lipinski definition) is 1. The Hall–Kier alpha value is -2.75. The fourth-order valence-electron chi connectivity index (χ4n) is 2.41. The number of rotatable bonds is 5. The predicted molar refractivity (Wildman–Crippen MR) is 103 cm³/mol. The summed E-state index contributed by atoms with van der Waals surface area (Å²) in [6, 6.07) is 8.33. The molecular weight excluding hydrogens is 413 g/mol. The molecule has 1 N–H and O–H groups in total. The van der Waals surface area contributed by atoms with E-state index in [1.807, 2.05) is 6.07 Å². The Morgan fingerprint density at radius 3 is 2.74 bits per heavy atom. The van der Waals surface area contributed by atoms with Crippen LogP contribution < -0.4 is 5.32 Å². The third-order valence-electron chi connectivity index (χ3n) is 3.66. The second-order valence-corrected chi connectivity index (χ2v) is 7.26. The second-order valence-electron chi connectivity index (χ2n) is 5.44. The zero-order valence-electron chi connectivity index (χ0n) is 13.3. The van der Waals surface area contributed by atoms with E-state index in [0.29, 0.717) is 38.4 Å². The molecule has 1 aromatic carbocycles. The zero-order chi connectivity index (χ0) is 19.0. The second kappa shape index (κ2) is 7.10. The van der Waals surface area contributed by atoms with Crippen molar-refractivity contribution in [3.63, 3.8) is 0 Å². The number of nitrogens with zero attached hydrogens (tertiary/aromatic N) is 4. The van der Waals surface area contributed by atoms with Crippen molar-refractivity contribution in [1.29, 1.82) is 0 Å². The summed E-state index contributed by atoms with van der Waals surface area (Å²) < 4.78 is 5.11. The normalized spacial score (nSPS) is 11.0. The number of anilines is 1. The summed E-state index contributed by atoms with van der Waals surface area (Å²) in [5, 5.41) is 19.4. The van der Waals surface area contributed by atoms with E-state index < -0.39 is 4.92 Å². The lowest BCUT2D eigenvalue weighted by atomic mass is 10.2. The van der Waals surface area contributed by atoms with E-state index in [1.54, 1.807) is 18.2 Å². The quantitative estimate of drug-likeness (QED) is 0.349. The number of hydrogen-bond acceptors (Lipinski definition) is 8. The fraction of sp³-hybridized carbons (Fsp3) is 0.0625. The van der Waals surface area contributed by atoms with Crippen LogP contribution in [0, 0.1) is 10.1 Å². The Labute approximate surface area is 165 Å². The van der Waals surface area contributed by atoms with Crippen molar-refractivity contribution in [2.24, 2.45) is 0 Å². The molecule has 0 unspecified atom stereocenters. The maximum absolute atomic E-state index is 11.1. The Morgan fingerprint density at radius 1 is 1.19 bits per heavy atom. The highest BCUT2D eigenvalue weighted by Gasteiger charge is 2.19. The molecule has 136 valence electrons. The van der Waals surface area contributed by atoms with E-state index >= 15 is 0 Å². The summed E-state index contributed by atoms with van der Waals surface area (Å²) in [7, 11) is 0. The van der Waals surface area contributed by atoms with Gasteiger partial charge in [0.05, 0.1) is 26.6 Å². The van der Waals surface area contributed by atoms with Crippen molar-refractivity contribution in [2.45, 2.75) is 6.54 Å². The number of thiophene rings is 1. The molecule has 0 saturated heterocycles. The largest absolute Gasteiger partial charge is 0.365 e. The molecule has 0 bridgehead atoms. The summed E-state index contributed by atoms with van der Waals surface area (Å²) in [6.07, 6.45) is 1.47. The molecule has 0 fully saturated rings.